The summed E-state index contributed by atoms with van der Waals surface area (Å²) in [6.07, 6.45) is 0.501. The summed E-state index contributed by atoms with van der Waals surface area (Å²) in [5.41, 5.74) is 1.64. The van der Waals surface area contributed by atoms with Crippen LogP contribution in [0.1, 0.15) is 30.6 Å². The van der Waals surface area contributed by atoms with Crippen molar-refractivity contribution in [1.82, 2.24) is 9.80 Å². The van der Waals surface area contributed by atoms with Crippen LogP contribution in [0.5, 0.6) is 0 Å². The molecule has 1 aromatic rings. The molecule has 1 fully saturated rings. The highest BCUT2D eigenvalue weighted by Crippen LogP contribution is 2.10. The van der Waals surface area contributed by atoms with Gasteiger partial charge in [-0.2, -0.15) is 0 Å². The number of ketones is 1. The van der Waals surface area contributed by atoms with Gasteiger partial charge in [-0.05, 0) is 37.7 Å². The molecule has 0 unspecified atom stereocenters. The fraction of sp³-hybridized carbons (Fsp3) is 0.529. The van der Waals surface area contributed by atoms with Crippen molar-refractivity contribution in [3.05, 3.63) is 29.8 Å². The lowest BCUT2D eigenvalue weighted by Crippen LogP contribution is -2.48. The zero-order chi connectivity index (χ0) is 15.9. The second-order valence-electron chi connectivity index (χ2n) is 5.63. The summed E-state index contributed by atoms with van der Waals surface area (Å²) in [7, 11) is 0. The first-order valence-electron chi connectivity index (χ1n) is 7.95. The predicted octanol–water partition coefficient (Wildman–Crippen LogP) is 1.86. The van der Waals surface area contributed by atoms with Gasteiger partial charge >= 0.3 is 0 Å². The van der Waals surface area contributed by atoms with Crippen molar-refractivity contribution in [2.75, 3.05) is 44.6 Å². The summed E-state index contributed by atoms with van der Waals surface area (Å²) in [4.78, 5) is 27.7. The van der Waals surface area contributed by atoms with E-state index in [1.165, 1.54) is 0 Å². The number of nitrogens with one attached hydrogen (secondary N) is 1. The Balaban J connectivity index is 1.72. The maximum absolute atomic E-state index is 12.1. The van der Waals surface area contributed by atoms with Gasteiger partial charge < -0.3 is 15.1 Å². The Labute approximate surface area is 132 Å². The average Bonchev–Trinajstić information content (AvgIpc) is 2.55. The minimum absolute atomic E-state index is 0.0629. The molecular weight excluding hydrogens is 278 g/mol. The maximum Gasteiger partial charge on any atom is 0.224 e. The number of piperazine rings is 1. The van der Waals surface area contributed by atoms with Crippen molar-refractivity contribution in [2.45, 2.75) is 20.3 Å². The van der Waals surface area contributed by atoms with Crippen LogP contribution in [0.15, 0.2) is 24.3 Å². The number of likely N-dealkylation sites (N-methyl/N-ethyl adjacent to an activating group) is 1. The van der Waals surface area contributed by atoms with Gasteiger partial charge in [0.1, 0.15) is 0 Å². The zero-order valence-electron chi connectivity index (χ0n) is 13.5. The van der Waals surface area contributed by atoms with E-state index in [0.717, 1.165) is 38.4 Å². The van der Waals surface area contributed by atoms with Gasteiger partial charge in [-0.25, -0.2) is 0 Å². The van der Waals surface area contributed by atoms with Crippen LogP contribution < -0.4 is 5.32 Å². The lowest BCUT2D eigenvalue weighted by Gasteiger charge is -2.34. The molecule has 0 aromatic heterocycles. The summed E-state index contributed by atoms with van der Waals surface area (Å²) >= 11 is 0. The van der Waals surface area contributed by atoms with E-state index in [4.69, 9.17) is 0 Å². The monoisotopic (exact) mass is 303 g/mol. The van der Waals surface area contributed by atoms with Crippen LogP contribution in [0.3, 0.4) is 0 Å². The largest absolute Gasteiger partial charge is 0.385 e. The summed E-state index contributed by atoms with van der Waals surface area (Å²) < 4.78 is 0. The molecule has 0 spiro atoms. The Morgan fingerprint density at radius 1 is 1.09 bits per heavy atom. The van der Waals surface area contributed by atoms with Crippen LogP contribution in [-0.2, 0) is 4.79 Å². The number of Topliss-reactive ketones (excluding diaryl/α,β-unsaturated/α-hetero) is 1. The Bertz CT molecular complexity index is 505. The molecule has 5 heteroatoms. The second-order valence-corrected chi connectivity index (χ2v) is 5.63. The number of rotatable bonds is 6. The van der Waals surface area contributed by atoms with Gasteiger partial charge in [0.15, 0.2) is 5.78 Å². The molecule has 2 rings (SSSR count). The van der Waals surface area contributed by atoms with Crippen LogP contribution in [0.25, 0.3) is 0 Å². The molecule has 0 bridgehead atoms. The summed E-state index contributed by atoms with van der Waals surface area (Å²) in [6, 6.07) is 7.36. The van der Waals surface area contributed by atoms with E-state index in [1.807, 2.05) is 17.0 Å². The Hall–Kier alpha value is -1.88. The third-order valence-electron chi connectivity index (χ3n) is 4.13. The molecule has 1 aliphatic heterocycles. The van der Waals surface area contributed by atoms with E-state index in [1.54, 1.807) is 19.1 Å². The summed E-state index contributed by atoms with van der Waals surface area (Å²) in [5.74, 6) is 0.275. The fourth-order valence-corrected chi connectivity index (χ4v) is 2.61. The first-order valence-corrected chi connectivity index (χ1v) is 7.95. The molecule has 0 saturated carbocycles. The van der Waals surface area contributed by atoms with Crippen LogP contribution in [0.4, 0.5) is 5.69 Å². The van der Waals surface area contributed by atoms with Gasteiger partial charge in [-0.3, -0.25) is 9.59 Å². The normalized spacial score (nSPS) is 15.6. The lowest BCUT2D eigenvalue weighted by atomic mass is 10.1. The molecule has 0 radical (unpaired) electrons. The van der Waals surface area contributed by atoms with Crippen LogP contribution in [-0.4, -0.2) is 60.8 Å². The smallest absolute Gasteiger partial charge is 0.224 e. The Morgan fingerprint density at radius 2 is 1.73 bits per heavy atom. The Morgan fingerprint density at radius 3 is 2.27 bits per heavy atom. The van der Waals surface area contributed by atoms with E-state index >= 15 is 0 Å². The average molecular weight is 303 g/mol. The highest BCUT2D eigenvalue weighted by molar-refractivity contribution is 5.94. The molecule has 120 valence electrons. The molecule has 1 heterocycles. The number of nitrogens with zero attached hydrogens (tertiary/aromatic N) is 2. The SMILES string of the molecule is CCN1CCN(C(=O)CCNc2ccc(C(C)=O)cc2)CC1. The van der Waals surface area contributed by atoms with Crippen molar-refractivity contribution < 1.29 is 9.59 Å². The number of carbonyl (C=O) groups excluding carboxylic acids is 2. The number of anilines is 1. The fourth-order valence-electron chi connectivity index (χ4n) is 2.61. The first kappa shape index (κ1) is 16.5. The molecule has 22 heavy (non-hydrogen) atoms. The van der Waals surface area contributed by atoms with Crippen molar-refractivity contribution in [3.8, 4) is 0 Å². The third kappa shape index (κ3) is 4.56. The highest BCUT2D eigenvalue weighted by Gasteiger charge is 2.19. The number of benzene rings is 1. The van der Waals surface area contributed by atoms with Gasteiger partial charge in [0.25, 0.3) is 0 Å². The molecule has 1 saturated heterocycles. The summed E-state index contributed by atoms with van der Waals surface area (Å²) in [6.45, 7) is 8.99. The van der Waals surface area contributed by atoms with E-state index in [2.05, 4.69) is 17.1 Å². The minimum atomic E-state index is 0.0629. The quantitative estimate of drug-likeness (QED) is 0.815. The van der Waals surface area contributed by atoms with E-state index in [9.17, 15) is 9.59 Å². The van der Waals surface area contributed by atoms with Crippen LogP contribution >= 0.6 is 0 Å². The molecular formula is C17H25N3O2. The van der Waals surface area contributed by atoms with Crippen LogP contribution in [0, 0.1) is 0 Å². The van der Waals surface area contributed by atoms with Crippen molar-refractivity contribution in [1.29, 1.82) is 0 Å². The third-order valence-corrected chi connectivity index (χ3v) is 4.13. The van der Waals surface area contributed by atoms with Crippen molar-refractivity contribution in [2.24, 2.45) is 0 Å². The minimum Gasteiger partial charge on any atom is -0.385 e. The molecule has 1 amide bonds. The Kier molecular flexibility index (Phi) is 5.95. The number of amides is 1. The van der Waals surface area contributed by atoms with Gasteiger partial charge in [0.05, 0.1) is 0 Å². The standard InChI is InChI=1S/C17H25N3O2/c1-3-19-10-12-20(13-11-19)17(22)8-9-18-16-6-4-15(5-7-16)14(2)21/h4-7,18H,3,8-13H2,1-2H3. The van der Waals surface area contributed by atoms with Crippen LogP contribution in [0.2, 0.25) is 0 Å². The predicted molar refractivity (Wildman–Crippen MR) is 88.2 cm³/mol. The van der Waals surface area contributed by atoms with Crippen molar-refractivity contribution in [3.63, 3.8) is 0 Å². The second kappa shape index (κ2) is 7.94. The van der Waals surface area contributed by atoms with E-state index in [-0.39, 0.29) is 11.7 Å². The molecule has 0 atom stereocenters. The molecule has 0 aliphatic carbocycles. The summed E-state index contributed by atoms with van der Waals surface area (Å²) in [5, 5.41) is 3.23. The van der Waals surface area contributed by atoms with Gasteiger partial charge in [0, 0.05) is 50.4 Å². The molecule has 1 N–H and O–H groups in total. The zero-order valence-corrected chi connectivity index (χ0v) is 13.5. The maximum atomic E-state index is 12.1. The van der Waals surface area contributed by atoms with Gasteiger partial charge in [-0.1, -0.05) is 6.92 Å². The number of hydrogen-bond acceptors (Lipinski definition) is 4. The van der Waals surface area contributed by atoms with E-state index < -0.39 is 0 Å². The topological polar surface area (TPSA) is 52.6 Å². The van der Waals surface area contributed by atoms with Gasteiger partial charge in [-0.15, -0.1) is 0 Å². The molecule has 1 aromatic carbocycles. The highest BCUT2D eigenvalue weighted by atomic mass is 16.2. The van der Waals surface area contributed by atoms with E-state index in [0.29, 0.717) is 18.5 Å². The lowest BCUT2D eigenvalue weighted by molar-refractivity contribution is -0.132. The number of carbonyl (C=O) groups is 2. The molecule has 5 nitrogen and oxygen atoms in total. The van der Waals surface area contributed by atoms with Gasteiger partial charge in [0.2, 0.25) is 5.91 Å². The van der Waals surface area contributed by atoms with Crippen molar-refractivity contribution >= 4 is 17.4 Å². The first-order chi connectivity index (χ1) is 10.6. The molecule has 1 aliphatic rings. The number of hydrogen-bond donors (Lipinski definition) is 1.